The Bertz CT molecular complexity index is 1230. The topological polar surface area (TPSA) is 70.9 Å². The van der Waals surface area contributed by atoms with Gasteiger partial charge in [-0.2, -0.15) is 5.10 Å². The molecule has 6 nitrogen and oxygen atoms in total. The third kappa shape index (κ3) is 2.44. The van der Waals surface area contributed by atoms with Crippen molar-refractivity contribution in [1.82, 2.24) is 24.6 Å². The third-order valence-electron chi connectivity index (χ3n) is 4.25. The second kappa shape index (κ2) is 5.96. The molecule has 2 N–H and O–H groups in total. The van der Waals surface area contributed by atoms with E-state index < -0.39 is 0 Å². The maximum atomic E-state index is 4.92. The first kappa shape index (κ1) is 15.1. The molecule has 0 aliphatic heterocycles. The zero-order chi connectivity index (χ0) is 17.5. The van der Waals surface area contributed by atoms with Crippen LogP contribution in [0.2, 0.25) is 0 Å². The van der Waals surface area contributed by atoms with E-state index >= 15 is 0 Å². The van der Waals surface area contributed by atoms with Crippen LogP contribution in [0.25, 0.3) is 27.9 Å². The summed E-state index contributed by atoms with van der Waals surface area (Å²) in [6, 6.07) is 18.1. The minimum Gasteiger partial charge on any atom is -0.338 e. The fraction of sp³-hybridized carbons (Fsp3) is 0. The number of nitrogens with zero attached hydrogens (tertiary/aromatic N) is 4. The van der Waals surface area contributed by atoms with Crippen molar-refractivity contribution in [2.45, 2.75) is 0 Å². The second-order valence-electron chi connectivity index (χ2n) is 5.87. The van der Waals surface area contributed by atoms with Crippen LogP contribution in [0.3, 0.4) is 0 Å². The first-order valence-electron chi connectivity index (χ1n) is 8.08. The Labute approximate surface area is 157 Å². The Morgan fingerprint density at radius 2 is 1.88 bits per heavy atom. The van der Waals surface area contributed by atoms with E-state index in [4.69, 9.17) is 4.98 Å². The first-order chi connectivity index (χ1) is 12.8. The second-order valence-corrected chi connectivity index (χ2v) is 6.78. The molecule has 5 aromatic rings. The van der Waals surface area contributed by atoms with Crippen LogP contribution in [0, 0.1) is 0 Å². The number of aromatic nitrogens is 5. The summed E-state index contributed by atoms with van der Waals surface area (Å²) in [4.78, 5) is 9.21. The van der Waals surface area contributed by atoms with Crippen LogP contribution in [-0.4, -0.2) is 24.6 Å². The maximum absolute atomic E-state index is 4.92. The number of benzene rings is 2. The molecule has 7 heteroatoms. The molecule has 3 aromatic heterocycles. The molecule has 5 rings (SSSR count). The molecule has 0 radical (unpaired) electrons. The van der Waals surface area contributed by atoms with Gasteiger partial charge >= 0.3 is 0 Å². The van der Waals surface area contributed by atoms with Gasteiger partial charge in [0, 0.05) is 21.9 Å². The molecule has 0 aliphatic carbocycles. The van der Waals surface area contributed by atoms with Crippen molar-refractivity contribution in [3.05, 3.63) is 71.6 Å². The fourth-order valence-electron chi connectivity index (χ4n) is 3.12. The lowest BCUT2D eigenvalue weighted by Crippen LogP contribution is -2.00. The maximum Gasteiger partial charge on any atom is 0.157 e. The van der Waals surface area contributed by atoms with Gasteiger partial charge in [-0.3, -0.25) is 5.10 Å². The molecule has 0 saturated carbocycles. The van der Waals surface area contributed by atoms with Crippen molar-refractivity contribution in [1.29, 1.82) is 0 Å². The number of nitrogens with one attached hydrogen (secondary N) is 2. The molecule has 0 bridgehead atoms. The smallest absolute Gasteiger partial charge is 0.157 e. The Kier molecular flexibility index (Phi) is 3.46. The number of halogens is 1. The SMILES string of the molecule is Brc1cccc(Nc2nc3c(-c4ncn[nH]4)cccc3n3cccc23)c1. The Morgan fingerprint density at radius 3 is 2.73 bits per heavy atom. The number of anilines is 2. The van der Waals surface area contributed by atoms with Gasteiger partial charge in [0.15, 0.2) is 11.6 Å². The van der Waals surface area contributed by atoms with E-state index in [0.717, 1.165) is 38.1 Å². The molecule has 0 amide bonds. The van der Waals surface area contributed by atoms with Gasteiger partial charge < -0.3 is 9.72 Å². The summed E-state index contributed by atoms with van der Waals surface area (Å²) < 4.78 is 3.14. The Balaban J connectivity index is 1.77. The molecule has 0 unspecified atom stereocenters. The standard InChI is InChI=1S/C19H13BrN6/c20-12-4-1-5-13(10-12)23-19-16-8-3-9-26(16)15-7-2-6-14(17(15)24-19)18-21-11-22-25-18/h1-11H,(H,23,24)(H,21,22,25). The highest BCUT2D eigenvalue weighted by molar-refractivity contribution is 9.10. The molecule has 3 heterocycles. The van der Waals surface area contributed by atoms with Crippen LogP contribution in [0.5, 0.6) is 0 Å². The predicted molar refractivity (Wildman–Crippen MR) is 105 cm³/mol. The van der Waals surface area contributed by atoms with Crippen molar-refractivity contribution in [3.63, 3.8) is 0 Å². The number of hydrogen-bond donors (Lipinski definition) is 2. The molecule has 0 atom stereocenters. The number of para-hydroxylation sites is 1. The minimum absolute atomic E-state index is 0.697. The highest BCUT2D eigenvalue weighted by atomic mass is 79.9. The lowest BCUT2D eigenvalue weighted by molar-refractivity contribution is 1.09. The molecule has 26 heavy (non-hydrogen) atoms. The van der Waals surface area contributed by atoms with Gasteiger partial charge in [0.05, 0.1) is 11.0 Å². The number of aromatic amines is 1. The largest absolute Gasteiger partial charge is 0.338 e. The van der Waals surface area contributed by atoms with Gasteiger partial charge in [0.25, 0.3) is 0 Å². The van der Waals surface area contributed by atoms with Crippen molar-refractivity contribution in [3.8, 4) is 11.4 Å². The Morgan fingerprint density at radius 1 is 1.00 bits per heavy atom. The van der Waals surface area contributed by atoms with E-state index in [9.17, 15) is 0 Å². The van der Waals surface area contributed by atoms with Gasteiger partial charge in [0.2, 0.25) is 0 Å². The van der Waals surface area contributed by atoms with Gasteiger partial charge in [-0.1, -0.05) is 28.1 Å². The van der Waals surface area contributed by atoms with Crippen molar-refractivity contribution < 1.29 is 0 Å². The molecule has 126 valence electrons. The number of H-pyrrole nitrogens is 1. The molecular weight excluding hydrogens is 392 g/mol. The fourth-order valence-corrected chi connectivity index (χ4v) is 3.52. The molecule has 2 aromatic carbocycles. The van der Waals surface area contributed by atoms with Gasteiger partial charge in [-0.15, -0.1) is 0 Å². The molecule has 0 saturated heterocycles. The summed E-state index contributed by atoms with van der Waals surface area (Å²) >= 11 is 3.51. The van der Waals surface area contributed by atoms with E-state index in [2.05, 4.69) is 46.9 Å². The minimum atomic E-state index is 0.697. The highest BCUT2D eigenvalue weighted by Gasteiger charge is 2.13. The summed E-state index contributed by atoms with van der Waals surface area (Å²) in [5.74, 6) is 1.48. The summed E-state index contributed by atoms with van der Waals surface area (Å²) in [5, 5.41) is 10.3. The summed E-state index contributed by atoms with van der Waals surface area (Å²) in [6.45, 7) is 0. The van der Waals surface area contributed by atoms with Crippen molar-refractivity contribution in [2.75, 3.05) is 5.32 Å². The molecule has 0 spiro atoms. The molecular formula is C19H13BrN6. The molecule has 0 aliphatic rings. The number of hydrogen-bond acceptors (Lipinski definition) is 4. The van der Waals surface area contributed by atoms with E-state index in [0.29, 0.717) is 5.82 Å². The van der Waals surface area contributed by atoms with Crippen molar-refractivity contribution >= 4 is 44.0 Å². The van der Waals surface area contributed by atoms with Crippen LogP contribution in [-0.2, 0) is 0 Å². The van der Waals surface area contributed by atoms with E-state index in [1.807, 2.05) is 54.7 Å². The summed E-state index contributed by atoms with van der Waals surface area (Å²) in [7, 11) is 0. The Hall–Kier alpha value is -3.19. The van der Waals surface area contributed by atoms with Crippen LogP contribution in [0.1, 0.15) is 0 Å². The zero-order valence-corrected chi connectivity index (χ0v) is 15.1. The average Bonchev–Trinajstić information content (AvgIpc) is 3.34. The number of rotatable bonds is 3. The normalized spacial score (nSPS) is 11.3. The third-order valence-corrected chi connectivity index (χ3v) is 4.74. The van der Waals surface area contributed by atoms with Gasteiger partial charge in [-0.05, 0) is 42.5 Å². The van der Waals surface area contributed by atoms with Crippen LogP contribution in [0.15, 0.2) is 71.6 Å². The van der Waals surface area contributed by atoms with Crippen LogP contribution < -0.4 is 5.32 Å². The van der Waals surface area contributed by atoms with E-state index in [1.54, 1.807) is 0 Å². The predicted octanol–water partition coefficient (Wildman–Crippen LogP) is 4.78. The highest BCUT2D eigenvalue weighted by Crippen LogP contribution is 2.30. The lowest BCUT2D eigenvalue weighted by Gasteiger charge is -2.12. The van der Waals surface area contributed by atoms with Crippen LogP contribution >= 0.6 is 15.9 Å². The monoisotopic (exact) mass is 404 g/mol. The summed E-state index contributed by atoms with van der Waals surface area (Å²) in [5.41, 5.74) is 4.75. The van der Waals surface area contributed by atoms with Crippen LogP contribution in [0.4, 0.5) is 11.5 Å². The van der Waals surface area contributed by atoms with Crippen molar-refractivity contribution in [2.24, 2.45) is 0 Å². The summed E-state index contributed by atoms with van der Waals surface area (Å²) in [6.07, 6.45) is 3.54. The average molecular weight is 405 g/mol. The van der Waals surface area contributed by atoms with E-state index in [1.165, 1.54) is 6.33 Å². The zero-order valence-electron chi connectivity index (χ0n) is 13.5. The lowest BCUT2D eigenvalue weighted by atomic mass is 10.1. The quantitative estimate of drug-likeness (QED) is 0.453. The first-order valence-corrected chi connectivity index (χ1v) is 8.87. The van der Waals surface area contributed by atoms with Gasteiger partial charge in [0.1, 0.15) is 11.8 Å². The van der Waals surface area contributed by atoms with Gasteiger partial charge in [-0.25, -0.2) is 9.97 Å². The molecule has 0 fully saturated rings. The number of fused-ring (bicyclic) bond motifs is 3. The van der Waals surface area contributed by atoms with E-state index in [-0.39, 0.29) is 0 Å².